The number of thiophene rings is 1. The number of carbonyl (C=O) groups excluding carboxylic acids is 1. The Morgan fingerprint density at radius 2 is 1.92 bits per heavy atom. The first-order valence-corrected chi connectivity index (χ1v) is 9.55. The van der Waals surface area contributed by atoms with Crippen LogP contribution in [0.3, 0.4) is 0 Å². The van der Waals surface area contributed by atoms with E-state index in [0.717, 1.165) is 28.3 Å². The molecule has 3 aromatic rings. The Hall–Kier alpha value is -2.19. The number of thiazole rings is 1. The smallest absolute Gasteiger partial charge is 0.351 e. The van der Waals surface area contributed by atoms with E-state index >= 15 is 0 Å². The summed E-state index contributed by atoms with van der Waals surface area (Å²) < 4.78 is 37.6. The minimum atomic E-state index is -4.34. The maximum absolute atomic E-state index is 12.5. The summed E-state index contributed by atoms with van der Waals surface area (Å²) in [5, 5.41) is 7.54. The number of benzene rings is 1. The normalized spacial score (nSPS) is 11.5. The quantitative estimate of drug-likeness (QED) is 0.646. The highest BCUT2D eigenvalue weighted by Gasteiger charge is 2.29. The molecule has 1 N–H and O–H groups in total. The van der Waals surface area contributed by atoms with Gasteiger partial charge in [0.2, 0.25) is 0 Å². The van der Waals surface area contributed by atoms with Crippen LogP contribution in [0.5, 0.6) is 0 Å². The summed E-state index contributed by atoms with van der Waals surface area (Å²) in [7, 11) is 0. The number of nitrogens with zero attached hydrogens (tertiary/aromatic N) is 1. The van der Waals surface area contributed by atoms with Crippen LogP contribution in [-0.4, -0.2) is 17.4 Å². The molecule has 0 saturated carbocycles. The van der Waals surface area contributed by atoms with E-state index in [9.17, 15) is 18.0 Å². The van der Waals surface area contributed by atoms with Crippen LogP contribution < -0.4 is 5.32 Å². The highest BCUT2D eigenvalue weighted by atomic mass is 32.1. The third kappa shape index (κ3) is 4.31. The van der Waals surface area contributed by atoms with Crippen LogP contribution in [0.4, 0.5) is 13.2 Å². The third-order valence-corrected chi connectivity index (χ3v) is 5.64. The van der Waals surface area contributed by atoms with E-state index in [1.807, 2.05) is 16.8 Å². The van der Waals surface area contributed by atoms with Crippen molar-refractivity contribution in [1.29, 1.82) is 0 Å². The van der Waals surface area contributed by atoms with E-state index in [1.165, 1.54) is 23.5 Å². The molecule has 0 aliphatic carbocycles. The van der Waals surface area contributed by atoms with Crippen molar-refractivity contribution in [2.45, 2.75) is 19.5 Å². The second-order valence-corrected chi connectivity index (χ2v) is 7.43. The Balaban J connectivity index is 1.58. The zero-order valence-electron chi connectivity index (χ0n) is 13.8. The predicted octanol–water partition coefficient (Wildman–Crippen LogP) is 5.17. The topological polar surface area (TPSA) is 42.0 Å². The number of hydrogen-bond acceptors (Lipinski definition) is 4. The summed E-state index contributed by atoms with van der Waals surface area (Å²) in [4.78, 5) is 17.3. The highest BCUT2D eigenvalue weighted by Crippen LogP contribution is 2.30. The average Bonchev–Trinajstić information content (AvgIpc) is 3.23. The lowest BCUT2D eigenvalue weighted by atomic mass is 10.1. The summed E-state index contributed by atoms with van der Waals surface area (Å²) in [6.45, 7) is 2.13. The SMILES string of the molecule is Cc1nc(-c2ccsc2)sc1C(=O)NCCc1ccc(C(F)(F)F)cc1. The van der Waals surface area contributed by atoms with Crippen LogP contribution in [0, 0.1) is 6.92 Å². The molecule has 2 heterocycles. The first-order valence-electron chi connectivity index (χ1n) is 7.79. The van der Waals surface area contributed by atoms with Crippen molar-refractivity contribution < 1.29 is 18.0 Å². The molecular weight excluding hydrogens is 381 g/mol. The van der Waals surface area contributed by atoms with Gasteiger partial charge in [-0.3, -0.25) is 4.79 Å². The van der Waals surface area contributed by atoms with Gasteiger partial charge in [0, 0.05) is 17.5 Å². The van der Waals surface area contributed by atoms with Crippen molar-refractivity contribution in [3.63, 3.8) is 0 Å². The van der Waals surface area contributed by atoms with E-state index in [2.05, 4.69) is 10.3 Å². The van der Waals surface area contributed by atoms with Gasteiger partial charge in [0.1, 0.15) is 9.88 Å². The molecule has 0 fully saturated rings. The van der Waals surface area contributed by atoms with E-state index in [-0.39, 0.29) is 5.91 Å². The van der Waals surface area contributed by atoms with Crippen molar-refractivity contribution in [3.05, 3.63) is 62.8 Å². The van der Waals surface area contributed by atoms with Crippen LogP contribution in [0.2, 0.25) is 0 Å². The highest BCUT2D eigenvalue weighted by molar-refractivity contribution is 7.17. The molecule has 1 amide bonds. The minimum absolute atomic E-state index is 0.214. The Labute approximate surface area is 156 Å². The zero-order chi connectivity index (χ0) is 18.7. The summed E-state index contributed by atoms with van der Waals surface area (Å²) in [6.07, 6.45) is -3.88. The number of rotatable bonds is 5. The molecule has 0 bridgehead atoms. The second-order valence-electron chi connectivity index (χ2n) is 5.65. The van der Waals surface area contributed by atoms with Gasteiger partial charge in [0.25, 0.3) is 5.91 Å². The van der Waals surface area contributed by atoms with Crippen LogP contribution >= 0.6 is 22.7 Å². The van der Waals surface area contributed by atoms with Gasteiger partial charge in [-0.05, 0) is 42.5 Å². The molecule has 8 heteroatoms. The van der Waals surface area contributed by atoms with Crippen molar-refractivity contribution in [2.75, 3.05) is 6.54 Å². The van der Waals surface area contributed by atoms with Crippen molar-refractivity contribution in [3.8, 4) is 10.6 Å². The van der Waals surface area contributed by atoms with Crippen LogP contribution in [0.1, 0.15) is 26.5 Å². The zero-order valence-corrected chi connectivity index (χ0v) is 15.4. The van der Waals surface area contributed by atoms with E-state index in [4.69, 9.17) is 0 Å². The van der Waals surface area contributed by atoms with E-state index in [1.54, 1.807) is 18.3 Å². The van der Waals surface area contributed by atoms with Crippen molar-refractivity contribution in [1.82, 2.24) is 10.3 Å². The van der Waals surface area contributed by atoms with Gasteiger partial charge in [-0.2, -0.15) is 24.5 Å². The molecule has 0 unspecified atom stereocenters. The predicted molar refractivity (Wildman–Crippen MR) is 97.6 cm³/mol. The van der Waals surface area contributed by atoms with Crippen LogP contribution in [0.25, 0.3) is 10.6 Å². The Morgan fingerprint density at radius 3 is 2.54 bits per heavy atom. The summed E-state index contributed by atoms with van der Waals surface area (Å²) >= 11 is 2.90. The molecule has 0 aliphatic heterocycles. The lowest BCUT2D eigenvalue weighted by Crippen LogP contribution is -2.25. The monoisotopic (exact) mass is 396 g/mol. The lowest BCUT2D eigenvalue weighted by molar-refractivity contribution is -0.137. The first kappa shape index (κ1) is 18.6. The molecular formula is C18H15F3N2OS2. The average molecular weight is 396 g/mol. The Morgan fingerprint density at radius 1 is 1.19 bits per heavy atom. The summed E-state index contributed by atoms with van der Waals surface area (Å²) in [5.41, 5.74) is 1.72. The molecule has 2 aromatic heterocycles. The molecule has 136 valence electrons. The molecule has 1 aromatic carbocycles. The van der Waals surface area contributed by atoms with Gasteiger partial charge < -0.3 is 5.32 Å². The first-order chi connectivity index (χ1) is 12.3. The summed E-state index contributed by atoms with van der Waals surface area (Å²) in [6, 6.07) is 6.92. The van der Waals surface area contributed by atoms with Crippen molar-refractivity contribution in [2.24, 2.45) is 0 Å². The largest absolute Gasteiger partial charge is 0.416 e. The fourth-order valence-corrected chi connectivity index (χ4v) is 4.07. The van der Waals surface area contributed by atoms with Gasteiger partial charge in [0.15, 0.2) is 0 Å². The number of hydrogen-bond donors (Lipinski definition) is 1. The third-order valence-electron chi connectivity index (χ3n) is 3.75. The van der Waals surface area contributed by atoms with Gasteiger partial charge in [-0.1, -0.05) is 12.1 Å². The Kier molecular flexibility index (Phi) is 5.43. The molecule has 0 saturated heterocycles. The number of aryl methyl sites for hydroxylation is 1. The number of aromatic nitrogens is 1. The molecule has 0 spiro atoms. The van der Waals surface area contributed by atoms with Gasteiger partial charge in [-0.15, -0.1) is 11.3 Å². The molecule has 0 aliphatic rings. The van der Waals surface area contributed by atoms with E-state index < -0.39 is 11.7 Å². The van der Waals surface area contributed by atoms with Crippen LogP contribution in [-0.2, 0) is 12.6 Å². The molecule has 3 nitrogen and oxygen atoms in total. The van der Waals surface area contributed by atoms with Gasteiger partial charge >= 0.3 is 6.18 Å². The number of nitrogens with one attached hydrogen (secondary N) is 1. The van der Waals surface area contributed by atoms with Crippen molar-refractivity contribution >= 4 is 28.6 Å². The number of halogens is 3. The molecule has 0 atom stereocenters. The fraction of sp³-hybridized carbons (Fsp3) is 0.222. The number of alkyl halides is 3. The number of carbonyl (C=O) groups is 1. The number of amides is 1. The standard InChI is InChI=1S/C18H15F3N2OS2/c1-11-15(26-17(23-11)13-7-9-25-10-13)16(24)22-8-6-12-2-4-14(5-3-12)18(19,20)21/h2-5,7,9-10H,6,8H2,1H3,(H,22,24). The molecule has 0 radical (unpaired) electrons. The summed E-state index contributed by atoms with van der Waals surface area (Å²) in [5.74, 6) is -0.214. The van der Waals surface area contributed by atoms with Gasteiger partial charge in [0.05, 0.1) is 11.3 Å². The Bertz CT molecular complexity index is 884. The lowest BCUT2D eigenvalue weighted by Gasteiger charge is -2.08. The van der Waals surface area contributed by atoms with Gasteiger partial charge in [-0.25, -0.2) is 4.98 Å². The minimum Gasteiger partial charge on any atom is -0.351 e. The van der Waals surface area contributed by atoms with E-state index in [0.29, 0.717) is 23.5 Å². The second kappa shape index (κ2) is 7.59. The molecule has 3 rings (SSSR count). The maximum atomic E-state index is 12.5. The van der Waals surface area contributed by atoms with Crippen LogP contribution in [0.15, 0.2) is 41.1 Å². The molecule has 26 heavy (non-hydrogen) atoms. The maximum Gasteiger partial charge on any atom is 0.416 e. The fourth-order valence-electron chi connectivity index (χ4n) is 2.38.